The zero-order chi connectivity index (χ0) is 25.4. The number of rotatable bonds is 14. The number of nitrogens with one attached hydrogen (secondary N) is 2. The van der Waals surface area contributed by atoms with Crippen LogP contribution in [-0.2, 0) is 14.2 Å². The number of aliphatic hydroxyl groups is 3. The van der Waals surface area contributed by atoms with Gasteiger partial charge in [0, 0.05) is 31.8 Å². The van der Waals surface area contributed by atoms with Crippen molar-refractivity contribution >= 4 is 0 Å². The van der Waals surface area contributed by atoms with E-state index in [-0.39, 0.29) is 13.0 Å². The number of hydrogen-bond acceptors (Lipinski definition) is 10. The van der Waals surface area contributed by atoms with Crippen LogP contribution in [0.15, 0.2) is 21.9 Å². The number of hydrogen-bond donors (Lipinski definition) is 6. The zero-order valence-electron chi connectivity index (χ0n) is 20.3. The minimum absolute atomic E-state index is 0.0227. The summed E-state index contributed by atoms with van der Waals surface area (Å²) in [6.07, 6.45) is 0.730. The number of aromatic amines is 1. The molecule has 12 nitrogen and oxygen atoms in total. The minimum Gasteiger partial charge on any atom is -0.388 e. The van der Waals surface area contributed by atoms with Gasteiger partial charge in [0.05, 0.1) is 12.2 Å². The fourth-order valence-corrected chi connectivity index (χ4v) is 4.53. The molecule has 2 saturated heterocycles. The Kier molecular flexibility index (Phi) is 10.9. The first-order valence-corrected chi connectivity index (χ1v) is 12.6. The highest BCUT2D eigenvalue weighted by atomic mass is 16.7. The molecule has 7 N–H and O–H groups in total. The van der Waals surface area contributed by atoms with E-state index >= 15 is 0 Å². The lowest BCUT2D eigenvalue weighted by Gasteiger charge is -2.28. The van der Waals surface area contributed by atoms with E-state index in [4.69, 9.17) is 19.9 Å². The molecule has 8 atom stereocenters. The lowest BCUT2D eigenvalue weighted by Crippen LogP contribution is -2.44. The van der Waals surface area contributed by atoms with Crippen molar-refractivity contribution in [2.24, 2.45) is 5.73 Å². The van der Waals surface area contributed by atoms with Crippen molar-refractivity contribution in [2.75, 3.05) is 19.6 Å². The van der Waals surface area contributed by atoms with E-state index in [2.05, 4.69) is 17.2 Å². The van der Waals surface area contributed by atoms with Crippen molar-refractivity contribution in [1.29, 1.82) is 0 Å². The Morgan fingerprint density at radius 3 is 2.60 bits per heavy atom. The Balaban J connectivity index is 1.63. The maximum absolute atomic E-state index is 12.2. The molecule has 12 heteroatoms. The summed E-state index contributed by atoms with van der Waals surface area (Å²) in [5, 5.41) is 34.5. The molecule has 2 fully saturated rings. The molecule has 0 saturated carbocycles. The van der Waals surface area contributed by atoms with Gasteiger partial charge in [0.25, 0.3) is 5.56 Å². The van der Waals surface area contributed by atoms with Crippen LogP contribution in [0.1, 0.15) is 58.1 Å². The normalized spacial score (nSPS) is 31.7. The van der Waals surface area contributed by atoms with Crippen molar-refractivity contribution in [2.45, 2.75) is 101 Å². The van der Waals surface area contributed by atoms with E-state index in [9.17, 15) is 24.9 Å². The van der Waals surface area contributed by atoms with Gasteiger partial charge < -0.3 is 40.6 Å². The molecule has 3 heterocycles. The number of aliphatic hydroxyl groups excluding tert-OH is 3. The van der Waals surface area contributed by atoms with Crippen LogP contribution in [-0.4, -0.2) is 87.4 Å². The molecule has 200 valence electrons. The van der Waals surface area contributed by atoms with Crippen molar-refractivity contribution in [3.05, 3.63) is 33.1 Å². The van der Waals surface area contributed by atoms with E-state index in [0.29, 0.717) is 6.54 Å². The highest BCUT2D eigenvalue weighted by Gasteiger charge is 2.46. The second-order valence-corrected chi connectivity index (χ2v) is 9.29. The average molecular weight is 501 g/mol. The Labute approximate surface area is 204 Å². The summed E-state index contributed by atoms with van der Waals surface area (Å²) in [5.74, 6) is 0. The number of H-pyrrole nitrogens is 1. The summed E-state index contributed by atoms with van der Waals surface area (Å²) < 4.78 is 18.7. The first-order valence-electron chi connectivity index (χ1n) is 12.6. The topological polar surface area (TPSA) is 181 Å². The third-order valence-electron chi connectivity index (χ3n) is 6.57. The van der Waals surface area contributed by atoms with E-state index < -0.39 is 60.4 Å². The van der Waals surface area contributed by atoms with Crippen LogP contribution >= 0.6 is 0 Å². The average Bonchev–Trinajstić information content (AvgIpc) is 3.34. The molecule has 1 aromatic heterocycles. The van der Waals surface area contributed by atoms with Crippen LogP contribution in [0, 0.1) is 0 Å². The Morgan fingerprint density at radius 1 is 1.17 bits per heavy atom. The van der Waals surface area contributed by atoms with Gasteiger partial charge in [-0.15, -0.1) is 0 Å². The van der Waals surface area contributed by atoms with Crippen molar-refractivity contribution in [1.82, 2.24) is 14.9 Å². The first-order chi connectivity index (χ1) is 16.8. The molecule has 1 aromatic rings. The van der Waals surface area contributed by atoms with Crippen LogP contribution in [0.2, 0.25) is 0 Å². The van der Waals surface area contributed by atoms with Crippen LogP contribution in [0.4, 0.5) is 0 Å². The summed E-state index contributed by atoms with van der Waals surface area (Å²) in [6.45, 7) is 3.30. The van der Waals surface area contributed by atoms with E-state index in [0.717, 1.165) is 24.0 Å². The number of ether oxygens (including phenoxy) is 3. The fraction of sp³-hybridized carbons (Fsp3) is 0.826. The molecule has 0 unspecified atom stereocenters. The molecule has 0 aliphatic carbocycles. The molecule has 0 aromatic carbocycles. The summed E-state index contributed by atoms with van der Waals surface area (Å²) in [6, 6.07) is 1.18. The second kappa shape index (κ2) is 13.6. The van der Waals surface area contributed by atoms with Crippen LogP contribution in [0.5, 0.6) is 0 Å². The molecule has 3 rings (SSSR count). The summed E-state index contributed by atoms with van der Waals surface area (Å²) in [5.41, 5.74) is 4.37. The van der Waals surface area contributed by atoms with Gasteiger partial charge in [-0.3, -0.25) is 14.3 Å². The predicted molar refractivity (Wildman–Crippen MR) is 127 cm³/mol. The summed E-state index contributed by atoms with van der Waals surface area (Å²) in [4.78, 5) is 25.7. The van der Waals surface area contributed by atoms with Crippen LogP contribution in [0.25, 0.3) is 0 Å². The van der Waals surface area contributed by atoms with Gasteiger partial charge in [-0.2, -0.15) is 0 Å². The lowest BCUT2D eigenvalue weighted by molar-refractivity contribution is -0.213. The maximum atomic E-state index is 12.2. The highest BCUT2D eigenvalue weighted by Crippen LogP contribution is 2.32. The van der Waals surface area contributed by atoms with Gasteiger partial charge in [0.1, 0.15) is 24.4 Å². The Hall–Kier alpha value is -1.64. The molecule has 0 amide bonds. The molecular formula is C23H40N4O8. The molecule has 35 heavy (non-hydrogen) atoms. The van der Waals surface area contributed by atoms with Gasteiger partial charge in [0.15, 0.2) is 12.5 Å². The summed E-state index contributed by atoms with van der Waals surface area (Å²) >= 11 is 0. The highest BCUT2D eigenvalue weighted by molar-refractivity contribution is 4.93. The third kappa shape index (κ3) is 7.43. The first kappa shape index (κ1) is 27.9. The lowest BCUT2D eigenvalue weighted by atomic mass is 10.1. The Bertz CT molecular complexity index is 880. The van der Waals surface area contributed by atoms with Crippen LogP contribution in [0.3, 0.4) is 0 Å². The van der Waals surface area contributed by atoms with Crippen molar-refractivity contribution in [3.8, 4) is 0 Å². The smallest absolute Gasteiger partial charge is 0.330 e. The SMILES string of the molecule is CCCCCCCCNC[C@H](O[C@@H]1O[C@H](CN)[C@@H](O)[C@H]1O)[C@@H]1C[C@@H](O)[C@H](n2ccc(=O)[nH]c2=O)O1. The van der Waals surface area contributed by atoms with Gasteiger partial charge in [-0.05, 0) is 13.0 Å². The molecule has 2 aliphatic heterocycles. The zero-order valence-corrected chi connectivity index (χ0v) is 20.3. The van der Waals surface area contributed by atoms with E-state index in [1.54, 1.807) is 0 Å². The Morgan fingerprint density at radius 2 is 1.91 bits per heavy atom. The van der Waals surface area contributed by atoms with Gasteiger partial charge >= 0.3 is 5.69 Å². The predicted octanol–water partition coefficient (Wildman–Crippen LogP) is -1.07. The van der Waals surface area contributed by atoms with E-state index in [1.807, 2.05) is 0 Å². The molecule has 0 bridgehead atoms. The molecular weight excluding hydrogens is 460 g/mol. The number of aromatic nitrogens is 2. The summed E-state index contributed by atoms with van der Waals surface area (Å²) in [7, 11) is 0. The maximum Gasteiger partial charge on any atom is 0.330 e. The van der Waals surface area contributed by atoms with Gasteiger partial charge in [-0.25, -0.2) is 4.79 Å². The van der Waals surface area contributed by atoms with Gasteiger partial charge in [0.2, 0.25) is 0 Å². The van der Waals surface area contributed by atoms with Crippen LogP contribution < -0.4 is 22.3 Å². The van der Waals surface area contributed by atoms with Crippen molar-refractivity contribution < 1.29 is 29.5 Å². The minimum atomic E-state index is -1.28. The van der Waals surface area contributed by atoms with E-state index in [1.165, 1.54) is 37.9 Å². The fourth-order valence-electron chi connectivity index (χ4n) is 4.53. The number of unbranched alkanes of at least 4 members (excludes halogenated alkanes) is 5. The quantitative estimate of drug-likeness (QED) is 0.172. The molecule has 2 aliphatic rings. The second-order valence-electron chi connectivity index (χ2n) is 9.29. The largest absolute Gasteiger partial charge is 0.388 e. The van der Waals surface area contributed by atoms with Gasteiger partial charge in [-0.1, -0.05) is 39.0 Å². The van der Waals surface area contributed by atoms with Crippen molar-refractivity contribution in [3.63, 3.8) is 0 Å². The molecule has 0 spiro atoms. The third-order valence-corrected chi connectivity index (χ3v) is 6.57. The standard InChI is InChI=1S/C23H40N4O8/c1-2-3-4-5-6-7-9-25-13-17(35-22-20(31)19(30)16(12-24)34-22)15-11-14(28)21(33-15)27-10-8-18(29)26-23(27)32/h8,10,14-17,19-22,25,28,30-31H,2-7,9,11-13,24H2,1H3,(H,26,29,32)/t14-,15+,16-,17+,19-,20-,21-,22+/m1/s1. The molecule has 0 radical (unpaired) electrons. The number of nitrogens with zero attached hydrogens (tertiary/aromatic N) is 1. The number of nitrogens with two attached hydrogens (primary N) is 1. The monoisotopic (exact) mass is 500 g/mol.